The Balaban J connectivity index is 2.66. The van der Waals surface area contributed by atoms with Crippen LogP contribution in [0.15, 0.2) is 29.8 Å². The number of hydrogen-bond donors (Lipinski definition) is 2. The molecular formula is C14H11N3O3. The number of amides is 1. The number of benzene rings is 1. The predicted molar refractivity (Wildman–Crippen MR) is 72.4 cm³/mol. The third-order valence-corrected chi connectivity index (χ3v) is 2.61. The highest BCUT2D eigenvalue weighted by atomic mass is 16.5. The van der Waals surface area contributed by atoms with Gasteiger partial charge in [0.2, 0.25) is 0 Å². The molecule has 0 saturated carbocycles. The smallest absolute Gasteiger partial charge is 0.308 e. The molecule has 0 aliphatic carbocycles. The number of nitrogens with two attached hydrogens (primary N) is 1. The molecule has 0 unspecified atom stereocenters. The largest absolute Gasteiger partial charge is 0.424 e. The Hall–Kier alpha value is -3.07. The Morgan fingerprint density at radius 3 is 2.70 bits per heavy atom. The molecule has 0 bridgehead atoms. The van der Waals surface area contributed by atoms with Crippen molar-refractivity contribution in [1.82, 2.24) is 4.98 Å². The fraction of sp³-hybridized carbons (Fsp3) is 0.0714. The van der Waals surface area contributed by atoms with Crippen molar-refractivity contribution in [3.8, 4) is 11.8 Å². The van der Waals surface area contributed by atoms with E-state index in [1.807, 2.05) is 6.07 Å². The average molecular weight is 269 g/mol. The molecule has 0 spiro atoms. The number of aromatic nitrogens is 1. The second kappa shape index (κ2) is 5.28. The highest BCUT2D eigenvalue weighted by Gasteiger charge is 2.15. The number of aromatic amines is 1. The topological polar surface area (TPSA) is 109 Å². The molecule has 0 aliphatic rings. The first-order valence-electron chi connectivity index (χ1n) is 5.73. The summed E-state index contributed by atoms with van der Waals surface area (Å²) in [7, 11) is 0. The van der Waals surface area contributed by atoms with Crippen LogP contribution in [0.1, 0.15) is 12.6 Å². The van der Waals surface area contributed by atoms with Crippen LogP contribution < -0.4 is 10.5 Å². The Labute approximate surface area is 114 Å². The Morgan fingerprint density at radius 1 is 1.40 bits per heavy atom. The van der Waals surface area contributed by atoms with Crippen LogP contribution in [0, 0.1) is 11.3 Å². The van der Waals surface area contributed by atoms with Gasteiger partial charge in [-0.2, -0.15) is 5.26 Å². The lowest BCUT2D eigenvalue weighted by Crippen LogP contribution is -2.12. The van der Waals surface area contributed by atoms with Gasteiger partial charge in [0, 0.05) is 17.8 Å². The number of fused-ring (bicyclic) bond motifs is 1. The van der Waals surface area contributed by atoms with Crippen LogP contribution in [-0.2, 0) is 9.59 Å². The van der Waals surface area contributed by atoms with Gasteiger partial charge in [0.05, 0.1) is 5.69 Å². The van der Waals surface area contributed by atoms with Crippen LogP contribution in [0.25, 0.3) is 17.0 Å². The SMILES string of the molecule is CC(=O)Oc1c(/C=C(\C#N)C(N)=O)[nH]c2ccccc12. The number of rotatable bonds is 3. The molecule has 1 amide bonds. The summed E-state index contributed by atoms with van der Waals surface area (Å²) < 4.78 is 5.15. The summed E-state index contributed by atoms with van der Waals surface area (Å²) in [6.07, 6.45) is 1.26. The Bertz CT molecular complexity index is 766. The highest BCUT2D eigenvalue weighted by Crippen LogP contribution is 2.31. The van der Waals surface area contributed by atoms with Gasteiger partial charge < -0.3 is 15.5 Å². The van der Waals surface area contributed by atoms with Gasteiger partial charge in [-0.1, -0.05) is 12.1 Å². The minimum Gasteiger partial charge on any atom is -0.424 e. The quantitative estimate of drug-likeness (QED) is 0.499. The zero-order valence-corrected chi connectivity index (χ0v) is 10.6. The summed E-state index contributed by atoms with van der Waals surface area (Å²) in [5, 5.41) is 9.54. The second-order valence-corrected chi connectivity index (χ2v) is 4.04. The van der Waals surface area contributed by atoms with Crippen molar-refractivity contribution in [2.75, 3.05) is 0 Å². The van der Waals surface area contributed by atoms with Gasteiger partial charge in [-0.25, -0.2) is 0 Å². The number of nitrogens with zero attached hydrogens (tertiary/aromatic N) is 1. The van der Waals surface area contributed by atoms with E-state index in [0.717, 1.165) is 5.52 Å². The zero-order chi connectivity index (χ0) is 14.7. The van der Waals surface area contributed by atoms with E-state index < -0.39 is 11.9 Å². The van der Waals surface area contributed by atoms with Gasteiger partial charge in [0.15, 0.2) is 5.75 Å². The maximum Gasteiger partial charge on any atom is 0.308 e. The number of primary amides is 1. The molecule has 0 radical (unpaired) electrons. The van der Waals surface area contributed by atoms with E-state index in [0.29, 0.717) is 11.1 Å². The maximum absolute atomic E-state index is 11.2. The lowest BCUT2D eigenvalue weighted by Gasteiger charge is -2.01. The molecule has 6 heteroatoms. The summed E-state index contributed by atoms with van der Waals surface area (Å²) in [5.41, 5.74) is 5.92. The van der Waals surface area contributed by atoms with E-state index >= 15 is 0 Å². The minimum atomic E-state index is -0.847. The van der Waals surface area contributed by atoms with Crippen LogP contribution in [0.4, 0.5) is 0 Å². The summed E-state index contributed by atoms with van der Waals surface area (Å²) in [5.74, 6) is -1.08. The van der Waals surface area contributed by atoms with Crippen LogP contribution in [0.5, 0.6) is 5.75 Å². The number of ether oxygens (including phenoxy) is 1. The summed E-state index contributed by atoms with van der Waals surface area (Å²) in [6.45, 7) is 1.27. The summed E-state index contributed by atoms with van der Waals surface area (Å²) in [4.78, 5) is 25.3. The van der Waals surface area contributed by atoms with Gasteiger partial charge in [-0.05, 0) is 18.2 Å². The van der Waals surface area contributed by atoms with Crippen molar-refractivity contribution >= 4 is 28.9 Å². The average Bonchev–Trinajstić information content (AvgIpc) is 2.73. The first-order chi connectivity index (χ1) is 9.52. The van der Waals surface area contributed by atoms with Gasteiger partial charge in [0.1, 0.15) is 11.6 Å². The van der Waals surface area contributed by atoms with Crippen molar-refractivity contribution in [1.29, 1.82) is 5.26 Å². The van der Waals surface area contributed by atoms with Crippen LogP contribution in [-0.4, -0.2) is 16.9 Å². The van der Waals surface area contributed by atoms with Crippen molar-refractivity contribution < 1.29 is 14.3 Å². The van der Waals surface area contributed by atoms with E-state index in [-0.39, 0.29) is 11.3 Å². The molecule has 6 nitrogen and oxygen atoms in total. The number of carbonyl (C=O) groups excluding carboxylic acids is 2. The summed E-state index contributed by atoms with van der Waals surface area (Å²) >= 11 is 0. The lowest BCUT2D eigenvalue weighted by molar-refractivity contribution is -0.131. The molecule has 3 N–H and O–H groups in total. The lowest BCUT2D eigenvalue weighted by atomic mass is 10.2. The third-order valence-electron chi connectivity index (χ3n) is 2.61. The first kappa shape index (κ1) is 13.4. The van der Waals surface area contributed by atoms with E-state index in [2.05, 4.69) is 4.98 Å². The molecule has 0 saturated heterocycles. The number of hydrogen-bond acceptors (Lipinski definition) is 4. The molecule has 1 aromatic heterocycles. The standard InChI is InChI=1S/C14H11N3O3/c1-8(18)20-13-10-4-2-3-5-11(10)17-12(13)6-9(7-15)14(16)19/h2-6,17H,1H3,(H2,16,19)/b9-6+. The molecule has 0 atom stereocenters. The number of para-hydroxylation sites is 1. The van der Waals surface area contributed by atoms with Crippen molar-refractivity contribution in [3.05, 3.63) is 35.5 Å². The molecule has 2 rings (SSSR count). The molecule has 1 heterocycles. The number of H-pyrrole nitrogens is 1. The van der Waals surface area contributed by atoms with Crippen LogP contribution in [0.3, 0.4) is 0 Å². The number of nitrogens with one attached hydrogen (secondary N) is 1. The van der Waals surface area contributed by atoms with Crippen LogP contribution >= 0.6 is 0 Å². The van der Waals surface area contributed by atoms with E-state index in [1.165, 1.54) is 13.0 Å². The maximum atomic E-state index is 11.2. The molecule has 2 aromatic rings. The normalized spacial score (nSPS) is 11.1. The second-order valence-electron chi connectivity index (χ2n) is 4.04. The molecule has 0 aliphatic heterocycles. The van der Waals surface area contributed by atoms with Gasteiger partial charge in [-0.15, -0.1) is 0 Å². The third kappa shape index (κ3) is 2.52. The Morgan fingerprint density at radius 2 is 2.10 bits per heavy atom. The first-order valence-corrected chi connectivity index (χ1v) is 5.73. The van der Waals surface area contributed by atoms with Crippen molar-refractivity contribution in [2.24, 2.45) is 5.73 Å². The van der Waals surface area contributed by atoms with Gasteiger partial charge in [-0.3, -0.25) is 9.59 Å². The number of esters is 1. The zero-order valence-electron chi connectivity index (χ0n) is 10.6. The molecule has 1 aromatic carbocycles. The molecular weight excluding hydrogens is 258 g/mol. The van der Waals surface area contributed by atoms with Crippen molar-refractivity contribution in [2.45, 2.75) is 6.92 Å². The Kier molecular flexibility index (Phi) is 3.53. The number of nitriles is 1. The molecule has 0 fully saturated rings. The molecule has 100 valence electrons. The number of carbonyl (C=O) groups is 2. The van der Waals surface area contributed by atoms with E-state index in [1.54, 1.807) is 24.3 Å². The predicted octanol–water partition coefficient (Wildman–Crippen LogP) is 1.49. The van der Waals surface area contributed by atoms with Gasteiger partial charge in [0.25, 0.3) is 5.91 Å². The van der Waals surface area contributed by atoms with Crippen molar-refractivity contribution in [3.63, 3.8) is 0 Å². The monoisotopic (exact) mass is 269 g/mol. The highest BCUT2D eigenvalue weighted by molar-refractivity contribution is 6.02. The van der Waals surface area contributed by atoms with Gasteiger partial charge >= 0.3 is 5.97 Å². The van der Waals surface area contributed by atoms with E-state index in [9.17, 15) is 9.59 Å². The summed E-state index contributed by atoms with van der Waals surface area (Å²) in [6, 6.07) is 8.85. The molecule has 20 heavy (non-hydrogen) atoms. The van der Waals surface area contributed by atoms with E-state index in [4.69, 9.17) is 15.7 Å². The fourth-order valence-electron chi connectivity index (χ4n) is 1.80. The fourth-order valence-corrected chi connectivity index (χ4v) is 1.80. The minimum absolute atomic E-state index is 0.232. The van der Waals surface area contributed by atoms with Crippen LogP contribution in [0.2, 0.25) is 0 Å².